The van der Waals surface area contributed by atoms with E-state index in [1.54, 1.807) is 4.90 Å². The Labute approximate surface area is 175 Å². The molecule has 10 heteroatoms. The smallest absolute Gasteiger partial charge is 0.410 e. The lowest BCUT2D eigenvalue weighted by Gasteiger charge is -2.33. The summed E-state index contributed by atoms with van der Waals surface area (Å²) in [6.45, 7) is 8.59. The van der Waals surface area contributed by atoms with Gasteiger partial charge in [-0.25, -0.2) is 19.6 Å². The zero-order chi connectivity index (χ0) is 22.1. The highest BCUT2D eigenvalue weighted by atomic mass is 16.6. The zero-order valence-corrected chi connectivity index (χ0v) is 18.0. The van der Waals surface area contributed by atoms with Crippen molar-refractivity contribution in [2.75, 3.05) is 25.9 Å². The maximum atomic E-state index is 12.3. The molecule has 3 N–H and O–H groups in total. The number of nitrogens with zero attached hydrogens (tertiary/aromatic N) is 4. The monoisotopic (exact) mass is 416 g/mol. The van der Waals surface area contributed by atoms with Gasteiger partial charge in [-0.2, -0.15) is 5.10 Å². The molecular formula is C20H28N6O4. The van der Waals surface area contributed by atoms with E-state index in [-0.39, 0.29) is 23.5 Å². The lowest BCUT2D eigenvalue weighted by Crippen LogP contribution is -2.41. The number of esters is 1. The van der Waals surface area contributed by atoms with Crippen molar-refractivity contribution in [3.8, 4) is 11.3 Å². The summed E-state index contributed by atoms with van der Waals surface area (Å²) >= 11 is 0. The molecule has 0 aliphatic carbocycles. The zero-order valence-electron chi connectivity index (χ0n) is 18.0. The molecule has 1 aliphatic heterocycles. The first-order valence-corrected chi connectivity index (χ1v) is 9.84. The molecule has 0 spiro atoms. The van der Waals surface area contributed by atoms with E-state index in [0.717, 1.165) is 29.8 Å². The number of hydrogen-bond donors (Lipinski definition) is 2. The van der Waals surface area contributed by atoms with Crippen LogP contribution in [0.4, 0.5) is 10.6 Å². The number of rotatable bonds is 3. The van der Waals surface area contributed by atoms with E-state index < -0.39 is 11.6 Å². The quantitative estimate of drug-likeness (QED) is 0.729. The SMILES string of the molecule is COC(=O)c1nc(-c2c(C)n[nH]c2C2CCN(C(=O)OC(C)(C)C)CC2)cnc1N. The van der Waals surface area contributed by atoms with Gasteiger partial charge in [0.25, 0.3) is 0 Å². The first-order chi connectivity index (χ1) is 14.1. The summed E-state index contributed by atoms with van der Waals surface area (Å²) < 4.78 is 10.2. The standard InChI is InChI=1S/C20H28N6O4/c1-11-14(13-10-22-17(21)16(23-13)18(27)29-5)15(25-24-11)12-6-8-26(9-7-12)19(28)30-20(2,3)4/h10,12H,6-9H2,1-5H3,(H2,21,22)(H,24,25). The van der Waals surface area contributed by atoms with Crippen molar-refractivity contribution in [1.82, 2.24) is 25.1 Å². The van der Waals surface area contributed by atoms with E-state index in [1.165, 1.54) is 13.3 Å². The highest BCUT2D eigenvalue weighted by Gasteiger charge is 2.30. The van der Waals surface area contributed by atoms with Gasteiger partial charge < -0.3 is 20.1 Å². The van der Waals surface area contributed by atoms with Crippen LogP contribution in [0.3, 0.4) is 0 Å². The Hall–Kier alpha value is -3.17. The van der Waals surface area contributed by atoms with E-state index >= 15 is 0 Å². The molecule has 0 unspecified atom stereocenters. The number of likely N-dealkylation sites (tertiary alicyclic amines) is 1. The van der Waals surface area contributed by atoms with Crippen molar-refractivity contribution in [2.45, 2.75) is 52.1 Å². The molecule has 1 saturated heterocycles. The number of methoxy groups -OCH3 is 1. The van der Waals surface area contributed by atoms with Gasteiger partial charge in [-0.15, -0.1) is 0 Å². The summed E-state index contributed by atoms with van der Waals surface area (Å²) in [7, 11) is 1.27. The van der Waals surface area contributed by atoms with E-state index in [4.69, 9.17) is 15.2 Å². The Morgan fingerprint density at radius 3 is 2.53 bits per heavy atom. The number of nitrogens with two attached hydrogens (primary N) is 1. The van der Waals surface area contributed by atoms with Crippen molar-refractivity contribution < 1.29 is 19.1 Å². The topological polar surface area (TPSA) is 136 Å². The van der Waals surface area contributed by atoms with Gasteiger partial charge in [0.05, 0.1) is 24.7 Å². The summed E-state index contributed by atoms with van der Waals surface area (Å²) in [5, 5.41) is 7.44. The molecule has 0 saturated carbocycles. The lowest BCUT2D eigenvalue weighted by molar-refractivity contribution is 0.0204. The fourth-order valence-corrected chi connectivity index (χ4v) is 3.51. The van der Waals surface area contributed by atoms with Crippen LogP contribution in [-0.2, 0) is 9.47 Å². The highest BCUT2D eigenvalue weighted by molar-refractivity contribution is 5.92. The normalized spacial score (nSPS) is 15.2. The number of ether oxygens (including phenoxy) is 2. The predicted molar refractivity (Wildman–Crippen MR) is 110 cm³/mol. The third-order valence-corrected chi connectivity index (χ3v) is 4.97. The summed E-state index contributed by atoms with van der Waals surface area (Å²) in [6.07, 6.45) is 2.73. The van der Waals surface area contributed by atoms with Gasteiger partial charge in [-0.1, -0.05) is 0 Å². The number of nitrogens with one attached hydrogen (secondary N) is 1. The largest absolute Gasteiger partial charge is 0.464 e. The molecule has 1 aliphatic rings. The average Bonchev–Trinajstić information content (AvgIpc) is 3.08. The summed E-state index contributed by atoms with van der Waals surface area (Å²) in [5.41, 5.74) is 8.18. The van der Waals surface area contributed by atoms with Crippen LogP contribution < -0.4 is 5.73 Å². The summed E-state index contributed by atoms with van der Waals surface area (Å²) in [5.74, 6) is -0.477. The van der Waals surface area contributed by atoms with Crippen LogP contribution in [0.15, 0.2) is 6.20 Å². The maximum absolute atomic E-state index is 12.3. The molecule has 10 nitrogen and oxygen atoms in total. The van der Waals surface area contributed by atoms with E-state index in [9.17, 15) is 9.59 Å². The van der Waals surface area contributed by atoms with Crippen LogP contribution in [0.5, 0.6) is 0 Å². The third-order valence-electron chi connectivity index (χ3n) is 4.97. The van der Waals surface area contributed by atoms with Gasteiger partial charge in [0.1, 0.15) is 5.60 Å². The van der Waals surface area contributed by atoms with Crippen LogP contribution in [0.2, 0.25) is 0 Å². The molecule has 0 bridgehead atoms. The number of carbonyl (C=O) groups is 2. The predicted octanol–water partition coefficient (Wildman–Crippen LogP) is 2.66. The van der Waals surface area contributed by atoms with Crippen LogP contribution in [-0.4, -0.2) is 62.9 Å². The van der Waals surface area contributed by atoms with Crippen molar-refractivity contribution in [3.63, 3.8) is 0 Å². The number of amides is 1. The Balaban J connectivity index is 1.81. The minimum Gasteiger partial charge on any atom is -0.464 e. The van der Waals surface area contributed by atoms with Crippen LogP contribution >= 0.6 is 0 Å². The molecule has 0 atom stereocenters. The number of carbonyl (C=O) groups excluding carboxylic acids is 2. The van der Waals surface area contributed by atoms with Crippen molar-refractivity contribution in [2.24, 2.45) is 0 Å². The van der Waals surface area contributed by atoms with Gasteiger partial charge in [0, 0.05) is 30.3 Å². The van der Waals surface area contributed by atoms with Gasteiger partial charge in [-0.05, 0) is 40.5 Å². The van der Waals surface area contributed by atoms with E-state index in [0.29, 0.717) is 18.8 Å². The summed E-state index contributed by atoms with van der Waals surface area (Å²) in [4.78, 5) is 34.5. The number of aryl methyl sites for hydroxylation is 1. The molecule has 3 rings (SSSR count). The fraction of sp³-hybridized carbons (Fsp3) is 0.550. The number of aromatic amines is 1. The second kappa shape index (κ2) is 8.29. The first kappa shape index (κ1) is 21.5. The Kier molecular flexibility index (Phi) is 5.95. The second-order valence-electron chi connectivity index (χ2n) is 8.32. The fourth-order valence-electron chi connectivity index (χ4n) is 3.51. The molecule has 0 radical (unpaired) electrons. The highest BCUT2D eigenvalue weighted by Crippen LogP contribution is 2.35. The number of anilines is 1. The van der Waals surface area contributed by atoms with E-state index in [1.807, 2.05) is 27.7 Å². The molecule has 0 aromatic carbocycles. The molecule has 1 amide bonds. The molecule has 2 aromatic heterocycles. The number of hydrogen-bond acceptors (Lipinski definition) is 8. The third kappa shape index (κ3) is 4.52. The summed E-state index contributed by atoms with van der Waals surface area (Å²) in [6, 6.07) is 0. The lowest BCUT2D eigenvalue weighted by atomic mass is 9.90. The molecule has 162 valence electrons. The molecule has 30 heavy (non-hydrogen) atoms. The van der Waals surface area contributed by atoms with Crippen LogP contribution in [0.25, 0.3) is 11.3 Å². The van der Waals surface area contributed by atoms with Crippen LogP contribution in [0.1, 0.15) is 61.4 Å². The molecular weight excluding hydrogens is 388 g/mol. The van der Waals surface area contributed by atoms with E-state index in [2.05, 4.69) is 20.2 Å². The van der Waals surface area contributed by atoms with Crippen molar-refractivity contribution >= 4 is 17.9 Å². The Bertz CT molecular complexity index is 941. The Morgan fingerprint density at radius 1 is 1.27 bits per heavy atom. The van der Waals surface area contributed by atoms with Gasteiger partial charge in [0.2, 0.25) is 0 Å². The molecule has 2 aromatic rings. The minimum absolute atomic E-state index is 0.0129. The minimum atomic E-state index is -0.643. The maximum Gasteiger partial charge on any atom is 0.410 e. The molecule has 3 heterocycles. The molecule has 1 fully saturated rings. The van der Waals surface area contributed by atoms with Gasteiger partial charge in [-0.3, -0.25) is 5.10 Å². The Morgan fingerprint density at radius 2 is 1.93 bits per heavy atom. The number of nitrogen functional groups attached to an aromatic ring is 1. The van der Waals surface area contributed by atoms with Gasteiger partial charge in [0.15, 0.2) is 11.5 Å². The average molecular weight is 416 g/mol. The van der Waals surface area contributed by atoms with Gasteiger partial charge >= 0.3 is 12.1 Å². The number of piperidine rings is 1. The van der Waals surface area contributed by atoms with Crippen LogP contribution in [0, 0.1) is 6.92 Å². The number of H-pyrrole nitrogens is 1. The first-order valence-electron chi connectivity index (χ1n) is 9.84. The van der Waals surface area contributed by atoms with Crippen molar-refractivity contribution in [3.05, 3.63) is 23.3 Å². The van der Waals surface area contributed by atoms with Crippen molar-refractivity contribution in [1.29, 1.82) is 0 Å². The second-order valence-corrected chi connectivity index (χ2v) is 8.32. The number of aromatic nitrogens is 4.